The van der Waals surface area contributed by atoms with Crippen LogP contribution in [-0.2, 0) is 4.79 Å². The average molecular weight is 593 g/mol. The summed E-state index contributed by atoms with van der Waals surface area (Å²) in [5.74, 6) is 0.251. The summed E-state index contributed by atoms with van der Waals surface area (Å²) in [6.45, 7) is 2.44. The predicted molar refractivity (Wildman–Crippen MR) is 145 cm³/mol. The summed E-state index contributed by atoms with van der Waals surface area (Å²) in [7, 11) is 0. The minimum atomic E-state index is -5.51. The van der Waals surface area contributed by atoms with Crippen LogP contribution in [0.15, 0.2) is 60.7 Å². The molecule has 3 aromatic rings. The van der Waals surface area contributed by atoms with Gasteiger partial charge in [-0.25, -0.2) is 0 Å². The van der Waals surface area contributed by atoms with Gasteiger partial charge < -0.3 is 0 Å². The predicted octanol–water partition coefficient (Wildman–Crippen LogP) is 3.22. The number of para-hydroxylation sites is 2. The Kier molecular flexibility index (Phi) is 6.14. The van der Waals surface area contributed by atoms with Gasteiger partial charge >= 0.3 is 227 Å². The van der Waals surface area contributed by atoms with Crippen molar-refractivity contribution in [2.75, 3.05) is 18.4 Å². The summed E-state index contributed by atoms with van der Waals surface area (Å²) in [6.07, 6.45) is 3.48. The Morgan fingerprint density at radius 2 is 1.23 bits per heavy atom. The molecule has 39 heavy (non-hydrogen) atoms. The number of carbonyl (C=O) groups is 3. The van der Waals surface area contributed by atoms with E-state index in [0.29, 0.717) is 45.8 Å². The van der Waals surface area contributed by atoms with E-state index in [1.54, 1.807) is 60.7 Å². The summed E-state index contributed by atoms with van der Waals surface area (Å²) >= 11 is -5.51. The third kappa shape index (κ3) is 4.34. The van der Waals surface area contributed by atoms with Gasteiger partial charge in [-0.3, -0.25) is 0 Å². The second-order valence-electron chi connectivity index (χ2n) is 9.60. The Morgan fingerprint density at radius 1 is 0.718 bits per heavy atom. The molecule has 0 fully saturated rings. The van der Waals surface area contributed by atoms with Crippen molar-refractivity contribution >= 4 is 41.6 Å². The zero-order valence-electron chi connectivity index (χ0n) is 21.3. The number of benzene rings is 3. The van der Waals surface area contributed by atoms with Crippen LogP contribution in [0, 0.1) is 0 Å². The van der Waals surface area contributed by atoms with Crippen LogP contribution >= 0.6 is 0 Å². The van der Waals surface area contributed by atoms with E-state index in [2.05, 4.69) is 16.0 Å². The quantitative estimate of drug-likeness (QED) is 0.390. The van der Waals surface area contributed by atoms with Crippen molar-refractivity contribution in [2.24, 2.45) is 0 Å². The molecule has 0 saturated carbocycles. The number of carbonyl (C=O) groups excluding carboxylic acids is 3. The number of amides is 3. The zero-order valence-corrected chi connectivity index (χ0v) is 23.2. The van der Waals surface area contributed by atoms with Gasteiger partial charge in [0.25, 0.3) is 0 Å². The molecular weight excluding hydrogens is 565 g/mol. The van der Waals surface area contributed by atoms with Crippen molar-refractivity contribution in [1.82, 2.24) is 10.6 Å². The van der Waals surface area contributed by atoms with Crippen molar-refractivity contribution in [3.05, 3.63) is 71.8 Å². The van der Waals surface area contributed by atoms with Crippen molar-refractivity contribution in [3.8, 4) is 23.0 Å². The zero-order chi connectivity index (χ0) is 27.1. The molecule has 3 heterocycles. The molecule has 3 amide bonds. The molecule has 11 heteroatoms. The van der Waals surface area contributed by atoms with Gasteiger partial charge in [0, 0.05) is 0 Å². The number of hydrogen-bond acceptors (Lipinski definition) is 7. The van der Waals surface area contributed by atoms with Gasteiger partial charge in [-0.2, -0.15) is 0 Å². The molecule has 0 aliphatic carbocycles. The van der Waals surface area contributed by atoms with Crippen molar-refractivity contribution in [2.45, 2.75) is 32.6 Å². The van der Waals surface area contributed by atoms with E-state index < -0.39 is 13.8 Å². The summed E-state index contributed by atoms with van der Waals surface area (Å²) in [5, 5.41) is 8.67. The van der Waals surface area contributed by atoms with E-state index in [-0.39, 0.29) is 29.2 Å². The minimum absolute atomic E-state index is 0.215. The first-order valence-electron chi connectivity index (χ1n) is 12.9. The average Bonchev–Trinajstić information content (AvgIpc) is 3.44. The van der Waals surface area contributed by atoms with E-state index in [1.165, 1.54) is 6.92 Å². The normalized spacial score (nSPS) is 19.8. The summed E-state index contributed by atoms with van der Waals surface area (Å²) < 4.78 is 26.9. The van der Waals surface area contributed by atoms with E-state index in [9.17, 15) is 14.4 Å². The van der Waals surface area contributed by atoms with Crippen LogP contribution in [0.25, 0.3) is 0 Å². The second-order valence-corrected chi connectivity index (χ2v) is 15.6. The van der Waals surface area contributed by atoms with Gasteiger partial charge in [-0.15, -0.1) is 0 Å². The van der Waals surface area contributed by atoms with Crippen LogP contribution in [0.2, 0.25) is 0 Å². The molecule has 6 rings (SSSR count). The first-order valence-corrected chi connectivity index (χ1v) is 16.9. The monoisotopic (exact) mass is 593 g/mol. The molecule has 202 valence electrons. The van der Waals surface area contributed by atoms with E-state index in [1.807, 2.05) is 0 Å². The van der Waals surface area contributed by atoms with Crippen molar-refractivity contribution in [3.63, 3.8) is 0 Å². The van der Waals surface area contributed by atoms with Crippen LogP contribution in [0.4, 0.5) is 5.69 Å². The molecule has 0 atom stereocenters. The molecule has 3 aliphatic rings. The van der Waals surface area contributed by atoms with E-state index in [4.69, 9.17) is 14.9 Å². The van der Waals surface area contributed by atoms with Gasteiger partial charge in [-0.1, -0.05) is 0 Å². The standard InChI is InChI=1S/C28H28AsN3O7/c1-18(33)32-20-14-12-19(13-15-20)29-36-23-10-6-8-21(25(23)38-29)27(34)30-16-4-2-3-5-17-31-28(35)22-9-7-11-24(37-29)26(22)39-29/h6-15H,2-5,16-17H2,1H3,(H,30,34)(H,31,35)(H,32,33). The van der Waals surface area contributed by atoms with Gasteiger partial charge in [0.05, 0.1) is 0 Å². The van der Waals surface area contributed by atoms with Gasteiger partial charge in [0.2, 0.25) is 0 Å². The number of hydrogen-bond donors (Lipinski definition) is 3. The van der Waals surface area contributed by atoms with Crippen LogP contribution in [0.1, 0.15) is 53.3 Å². The molecule has 0 saturated heterocycles. The van der Waals surface area contributed by atoms with E-state index >= 15 is 0 Å². The number of nitrogens with one attached hydrogen (secondary N) is 3. The molecule has 0 unspecified atom stereocenters. The molecular formula is C28H28AsN3O7. The third-order valence-corrected chi connectivity index (χ3v) is 13.4. The Labute approximate surface area is 227 Å². The molecule has 3 aromatic carbocycles. The molecule has 0 aromatic heterocycles. The molecule has 10 nitrogen and oxygen atoms in total. The maximum absolute atomic E-state index is 13.2. The van der Waals surface area contributed by atoms with Crippen LogP contribution in [0.3, 0.4) is 0 Å². The first kappa shape index (κ1) is 25.1. The molecule has 0 radical (unpaired) electrons. The third-order valence-electron chi connectivity index (χ3n) is 6.74. The maximum atomic E-state index is 13.2. The Bertz CT molecular complexity index is 1410. The van der Waals surface area contributed by atoms with Crippen LogP contribution in [0.5, 0.6) is 23.0 Å². The summed E-state index contributed by atoms with van der Waals surface area (Å²) in [6, 6.07) is 16.9. The van der Waals surface area contributed by atoms with E-state index in [0.717, 1.165) is 25.7 Å². The van der Waals surface area contributed by atoms with Gasteiger partial charge in [0.15, 0.2) is 0 Å². The second kappa shape index (κ2) is 9.54. The van der Waals surface area contributed by atoms with Crippen molar-refractivity contribution in [1.29, 1.82) is 0 Å². The topological polar surface area (TPSA) is 124 Å². The summed E-state index contributed by atoms with van der Waals surface area (Å²) in [4.78, 5) is 38.0. The fourth-order valence-corrected chi connectivity index (χ4v) is 11.7. The van der Waals surface area contributed by atoms with Gasteiger partial charge in [0.1, 0.15) is 0 Å². The number of anilines is 1. The van der Waals surface area contributed by atoms with Crippen LogP contribution < -0.4 is 35.2 Å². The molecule has 3 aliphatic heterocycles. The Morgan fingerprint density at radius 3 is 1.72 bits per heavy atom. The van der Waals surface area contributed by atoms with Crippen LogP contribution in [-0.4, -0.2) is 44.6 Å². The fourth-order valence-electron chi connectivity index (χ4n) is 4.89. The summed E-state index contributed by atoms with van der Waals surface area (Å²) in [5.41, 5.74) is 1.16. The van der Waals surface area contributed by atoms with Gasteiger partial charge in [-0.05, 0) is 0 Å². The Hall–Kier alpha value is -4.17. The fraction of sp³-hybridized carbons (Fsp3) is 0.250. The van der Waals surface area contributed by atoms with Crippen molar-refractivity contribution < 1.29 is 29.3 Å². The molecule has 3 N–H and O–H groups in total. The molecule has 1 spiro atoms. The Balaban J connectivity index is 1.50. The number of rotatable bonds is 2. The molecule has 3 bridgehead atoms. The SMILES string of the molecule is CC(=O)Nc1ccc([As]234Oc5cccc(c5O2)C(=O)NCCCCCCNC(=O)c2cccc(c2O3)O4)cc1. The first-order chi connectivity index (χ1) is 18.9.